The van der Waals surface area contributed by atoms with Crippen molar-refractivity contribution in [2.45, 2.75) is 32.2 Å². The number of rotatable bonds is 9. The van der Waals surface area contributed by atoms with E-state index in [9.17, 15) is 9.59 Å². The van der Waals surface area contributed by atoms with E-state index in [0.717, 1.165) is 12.8 Å². The molecule has 0 aromatic heterocycles. The topological polar surface area (TPSA) is 102 Å². The van der Waals surface area contributed by atoms with Gasteiger partial charge in [0.2, 0.25) is 5.91 Å². The van der Waals surface area contributed by atoms with Crippen LogP contribution in [0.15, 0.2) is 0 Å². The summed E-state index contributed by atoms with van der Waals surface area (Å²) in [5, 5.41) is 11.3. The molecule has 4 N–H and O–H groups in total. The summed E-state index contributed by atoms with van der Waals surface area (Å²) in [5.41, 5.74) is 5.18. The van der Waals surface area contributed by atoms with Crippen LogP contribution in [-0.2, 0) is 14.3 Å². The first-order valence-corrected chi connectivity index (χ1v) is 5.41. The molecule has 0 bridgehead atoms. The maximum atomic E-state index is 11.3. The molecule has 6 nitrogen and oxygen atoms in total. The SMILES string of the molecule is CCCCC(NC(=O)COCCN)C(=O)O. The largest absolute Gasteiger partial charge is 0.480 e. The smallest absolute Gasteiger partial charge is 0.326 e. The predicted molar refractivity (Wildman–Crippen MR) is 59.0 cm³/mol. The van der Waals surface area contributed by atoms with Crippen LogP contribution in [0.5, 0.6) is 0 Å². The lowest BCUT2D eigenvalue weighted by Gasteiger charge is -2.13. The third kappa shape index (κ3) is 7.19. The Morgan fingerprint density at radius 1 is 1.50 bits per heavy atom. The molecule has 1 atom stereocenters. The van der Waals surface area contributed by atoms with Crippen LogP contribution in [0.25, 0.3) is 0 Å². The molecule has 1 unspecified atom stereocenters. The Labute approximate surface area is 95.1 Å². The number of aliphatic carboxylic acids is 1. The second-order valence-corrected chi connectivity index (χ2v) is 3.44. The highest BCUT2D eigenvalue weighted by molar-refractivity contribution is 5.84. The lowest BCUT2D eigenvalue weighted by Crippen LogP contribution is -2.42. The van der Waals surface area contributed by atoms with Crippen molar-refractivity contribution < 1.29 is 19.4 Å². The van der Waals surface area contributed by atoms with Gasteiger partial charge < -0.3 is 20.9 Å². The number of carboxylic acid groups (broad SMARTS) is 1. The molecule has 0 saturated heterocycles. The fourth-order valence-electron chi connectivity index (χ4n) is 1.15. The van der Waals surface area contributed by atoms with Crippen LogP contribution in [0.1, 0.15) is 26.2 Å². The van der Waals surface area contributed by atoms with E-state index in [2.05, 4.69) is 5.32 Å². The summed E-state index contributed by atoms with van der Waals surface area (Å²) in [6.45, 7) is 2.45. The van der Waals surface area contributed by atoms with Gasteiger partial charge in [0.05, 0.1) is 6.61 Å². The van der Waals surface area contributed by atoms with Gasteiger partial charge in [-0.3, -0.25) is 4.79 Å². The van der Waals surface area contributed by atoms with Gasteiger partial charge >= 0.3 is 5.97 Å². The zero-order valence-corrected chi connectivity index (χ0v) is 9.57. The third-order valence-electron chi connectivity index (χ3n) is 1.98. The highest BCUT2D eigenvalue weighted by Gasteiger charge is 2.18. The Hall–Kier alpha value is -1.14. The van der Waals surface area contributed by atoms with Crippen LogP contribution in [0.3, 0.4) is 0 Å². The van der Waals surface area contributed by atoms with Crippen molar-refractivity contribution in [3.05, 3.63) is 0 Å². The molecule has 6 heteroatoms. The van der Waals surface area contributed by atoms with Crippen LogP contribution < -0.4 is 11.1 Å². The van der Waals surface area contributed by atoms with Crippen molar-refractivity contribution in [1.82, 2.24) is 5.32 Å². The second-order valence-electron chi connectivity index (χ2n) is 3.44. The first-order valence-electron chi connectivity index (χ1n) is 5.41. The zero-order chi connectivity index (χ0) is 12.4. The van der Waals surface area contributed by atoms with Gasteiger partial charge in [-0.2, -0.15) is 0 Å². The molecular formula is C10H20N2O4. The average molecular weight is 232 g/mol. The highest BCUT2D eigenvalue weighted by atomic mass is 16.5. The van der Waals surface area contributed by atoms with Crippen LogP contribution in [0.4, 0.5) is 0 Å². The minimum atomic E-state index is -1.01. The van der Waals surface area contributed by atoms with E-state index in [4.69, 9.17) is 15.6 Å². The van der Waals surface area contributed by atoms with Crippen LogP contribution in [0, 0.1) is 0 Å². The number of unbranched alkanes of at least 4 members (excludes halogenated alkanes) is 1. The maximum Gasteiger partial charge on any atom is 0.326 e. The Bertz CT molecular complexity index is 221. The zero-order valence-electron chi connectivity index (χ0n) is 9.57. The van der Waals surface area contributed by atoms with E-state index in [1.807, 2.05) is 6.92 Å². The van der Waals surface area contributed by atoms with E-state index < -0.39 is 17.9 Å². The molecule has 16 heavy (non-hydrogen) atoms. The second kappa shape index (κ2) is 9.11. The van der Waals surface area contributed by atoms with Crippen molar-refractivity contribution >= 4 is 11.9 Å². The summed E-state index contributed by atoms with van der Waals surface area (Å²) in [6.07, 6.45) is 2.10. The number of nitrogens with one attached hydrogen (secondary N) is 1. The van der Waals surface area contributed by atoms with Crippen molar-refractivity contribution in [1.29, 1.82) is 0 Å². The van der Waals surface area contributed by atoms with E-state index in [1.54, 1.807) is 0 Å². The molecule has 1 amide bonds. The van der Waals surface area contributed by atoms with Crippen molar-refractivity contribution in [2.75, 3.05) is 19.8 Å². The lowest BCUT2D eigenvalue weighted by molar-refractivity contribution is -0.142. The molecule has 0 aliphatic heterocycles. The van der Waals surface area contributed by atoms with E-state index >= 15 is 0 Å². The Morgan fingerprint density at radius 3 is 2.69 bits per heavy atom. The molecule has 0 aromatic rings. The third-order valence-corrected chi connectivity index (χ3v) is 1.98. The number of hydrogen-bond acceptors (Lipinski definition) is 4. The molecule has 94 valence electrons. The minimum Gasteiger partial charge on any atom is -0.480 e. The quantitative estimate of drug-likeness (QED) is 0.475. The molecule has 0 aromatic carbocycles. The van der Waals surface area contributed by atoms with Gasteiger partial charge in [0.1, 0.15) is 12.6 Å². The highest BCUT2D eigenvalue weighted by Crippen LogP contribution is 2.00. The Kier molecular flexibility index (Phi) is 8.46. The van der Waals surface area contributed by atoms with Crippen molar-refractivity contribution in [3.8, 4) is 0 Å². The Balaban J connectivity index is 3.88. The fourth-order valence-corrected chi connectivity index (χ4v) is 1.15. The standard InChI is InChI=1S/C10H20N2O4/c1-2-3-4-8(10(14)15)12-9(13)7-16-6-5-11/h8H,2-7,11H2,1H3,(H,12,13)(H,14,15). The van der Waals surface area contributed by atoms with Gasteiger partial charge in [0, 0.05) is 6.54 Å². The molecular weight excluding hydrogens is 212 g/mol. The summed E-state index contributed by atoms with van der Waals surface area (Å²) in [5.74, 6) is -1.43. The van der Waals surface area contributed by atoms with E-state index in [0.29, 0.717) is 19.6 Å². The summed E-state index contributed by atoms with van der Waals surface area (Å²) in [4.78, 5) is 22.1. The summed E-state index contributed by atoms with van der Waals surface area (Å²) < 4.78 is 4.90. The fraction of sp³-hybridized carbons (Fsp3) is 0.800. The molecule has 0 fully saturated rings. The number of nitrogens with two attached hydrogens (primary N) is 1. The number of hydrogen-bond donors (Lipinski definition) is 3. The van der Waals surface area contributed by atoms with Crippen LogP contribution in [0.2, 0.25) is 0 Å². The van der Waals surface area contributed by atoms with E-state index in [1.165, 1.54) is 0 Å². The van der Waals surface area contributed by atoms with E-state index in [-0.39, 0.29) is 6.61 Å². The van der Waals surface area contributed by atoms with Gasteiger partial charge in [0.15, 0.2) is 0 Å². The first kappa shape index (κ1) is 14.9. The van der Waals surface area contributed by atoms with Gasteiger partial charge in [-0.1, -0.05) is 19.8 Å². The Morgan fingerprint density at radius 2 is 2.19 bits per heavy atom. The molecule has 0 rings (SSSR count). The minimum absolute atomic E-state index is 0.146. The number of ether oxygens (including phenoxy) is 1. The first-order chi connectivity index (χ1) is 7.61. The summed E-state index contributed by atoms with van der Waals surface area (Å²) in [6, 6.07) is -0.825. The molecule has 0 heterocycles. The number of carbonyl (C=O) groups excluding carboxylic acids is 1. The molecule has 0 radical (unpaired) electrons. The van der Waals surface area contributed by atoms with Crippen LogP contribution >= 0.6 is 0 Å². The predicted octanol–water partition coefficient (Wildman–Crippen LogP) is -0.279. The van der Waals surface area contributed by atoms with Crippen molar-refractivity contribution in [3.63, 3.8) is 0 Å². The van der Waals surface area contributed by atoms with Crippen LogP contribution in [-0.4, -0.2) is 42.8 Å². The number of carboxylic acids is 1. The normalized spacial score (nSPS) is 12.1. The molecule has 0 saturated carbocycles. The van der Waals surface area contributed by atoms with Crippen molar-refractivity contribution in [2.24, 2.45) is 5.73 Å². The monoisotopic (exact) mass is 232 g/mol. The molecule has 0 spiro atoms. The summed E-state index contributed by atoms with van der Waals surface area (Å²) >= 11 is 0. The lowest BCUT2D eigenvalue weighted by atomic mass is 10.1. The van der Waals surface area contributed by atoms with Gasteiger partial charge in [0.25, 0.3) is 0 Å². The number of carbonyl (C=O) groups is 2. The molecule has 0 aliphatic rings. The average Bonchev–Trinajstić information content (AvgIpc) is 2.24. The maximum absolute atomic E-state index is 11.3. The van der Waals surface area contributed by atoms with Gasteiger partial charge in [-0.15, -0.1) is 0 Å². The van der Waals surface area contributed by atoms with Gasteiger partial charge in [-0.25, -0.2) is 4.79 Å². The van der Waals surface area contributed by atoms with Gasteiger partial charge in [-0.05, 0) is 6.42 Å². The molecule has 0 aliphatic carbocycles. The summed E-state index contributed by atoms with van der Waals surface area (Å²) in [7, 11) is 0. The number of amides is 1.